The third kappa shape index (κ3) is 5.19. The first-order valence-corrected chi connectivity index (χ1v) is 13.1. The topological polar surface area (TPSA) is 117 Å². The molecule has 0 aliphatic carbocycles. The van der Waals surface area contributed by atoms with Crippen molar-refractivity contribution < 1.29 is 36.0 Å². The van der Waals surface area contributed by atoms with E-state index in [1.807, 2.05) is 0 Å². The highest BCUT2D eigenvalue weighted by molar-refractivity contribution is 7.92. The third-order valence-corrected chi connectivity index (χ3v) is 7.89. The van der Waals surface area contributed by atoms with Crippen molar-refractivity contribution in [3.63, 3.8) is 0 Å². The number of anilines is 2. The van der Waals surface area contributed by atoms with E-state index in [0.717, 1.165) is 17.0 Å². The highest BCUT2D eigenvalue weighted by Crippen LogP contribution is 2.35. The molecule has 1 aromatic heterocycles. The van der Waals surface area contributed by atoms with Gasteiger partial charge < -0.3 is 10.2 Å². The van der Waals surface area contributed by atoms with Crippen molar-refractivity contribution in [3.8, 4) is 0 Å². The minimum atomic E-state index is -5.59. The number of urea groups is 1. The normalized spacial score (nSPS) is 15.5. The standard InChI is InChI=1S/C25H20ClF3N4O5S/c1-24(2)22(35)33(16-7-9-17(10-8-16)39(37,38)25(27,28)29)23(36)32(24)14-15-11-12-30-20(13-15)31-21(34)18-5-3-4-6-19(18)26/h3-13H,14H2,1-2H3,(H,30,31,34). The molecule has 0 unspecified atom stereocenters. The summed E-state index contributed by atoms with van der Waals surface area (Å²) in [4.78, 5) is 44.1. The molecule has 1 N–H and O–H groups in total. The fourth-order valence-corrected chi connectivity index (χ4v) is 4.87. The quantitative estimate of drug-likeness (QED) is 0.409. The van der Waals surface area contributed by atoms with Gasteiger partial charge in [0.2, 0.25) is 0 Å². The maximum Gasteiger partial charge on any atom is 0.501 e. The second kappa shape index (κ2) is 9.97. The average molecular weight is 581 g/mol. The minimum absolute atomic E-state index is 0.0773. The molecule has 0 spiro atoms. The number of hydrogen-bond donors (Lipinski definition) is 1. The van der Waals surface area contributed by atoms with Crippen LogP contribution in [0.1, 0.15) is 29.8 Å². The van der Waals surface area contributed by atoms with Crippen LogP contribution < -0.4 is 10.2 Å². The first kappa shape index (κ1) is 28.0. The number of rotatable bonds is 6. The summed E-state index contributed by atoms with van der Waals surface area (Å²) in [5, 5.41) is 2.87. The largest absolute Gasteiger partial charge is 0.501 e. The van der Waals surface area contributed by atoms with Crippen LogP contribution in [0.5, 0.6) is 0 Å². The first-order chi connectivity index (χ1) is 18.1. The lowest BCUT2D eigenvalue weighted by molar-refractivity contribution is -0.123. The molecule has 1 fully saturated rings. The Kier molecular flexibility index (Phi) is 7.17. The first-order valence-electron chi connectivity index (χ1n) is 11.2. The number of pyridine rings is 1. The predicted octanol–water partition coefficient (Wildman–Crippen LogP) is 5.03. The molecule has 2 heterocycles. The highest BCUT2D eigenvalue weighted by atomic mass is 35.5. The Morgan fingerprint density at radius 2 is 1.69 bits per heavy atom. The zero-order chi connectivity index (χ0) is 28.8. The number of carbonyl (C=O) groups excluding carboxylic acids is 3. The Balaban J connectivity index is 1.56. The van der Waals surface area contributed by atoms with Crippen LogP contribution in [0.4, 0.5) is 29.5 Å². The zero-order valence-corrected chi connectivity index (χ0v) is 21.9. The van der Waals surface area contributed by atoms with E-state index >= 15 is 0 Å². The number of halogens is 4. The second-order valence-corrected chi connectivity index (χ2v) is 11.3. The molecular formula is C25H20ClF3N4O5S. The van der Waals surface area contributed by atoms with Gasteiger partial charge in [-0.25, -0.2) is 23.1 Å². The molecule has 0 radical (unpaired) electrons. The summed E-state index contributed by atoms with van der Waals surface area (Å²) in [5.41, 5.74) is -6.20. The van der Waals surface area contributed by atoms with Crippen molar-refractivity contribution in [1.29, 1.82) is 0 Å². The molecule has 3 aromatic rings. The molecule has 204 valence electrons. The summed E-state index contributed by atoms with van der Waals surface area (Å²) in [6.45, 7) is 2.92. The van der Waals surface area contributed by atoms with E-state index < -0.39 is 43.6 Å². The van der Waals surface area contributed by atoms with Crippen molar-refractivity contribution in [3.05, 3.63) is 83.0 Å². The van der Waals surface area contributed by atoms with Crippen LogP contribution >= 0.6 is 11.6 Å². The summed E-state index contributed by atoms with van der Waals surface area (Å²) in [5.74, 6) is -0.994. The van der Waals surface area contributed by atoms with Gasteiger partial charge in [0.25, 0.3) is 21.7 Å². The third-order valence-electron chi connectivity index (χ3n) is 6.06. The Labute approximate surface area is 226 Å². The number of nitrogens with zero attached hydrogens (tertiary/aromatic N) is 3. The van der Waals surface area contributed by atoms with Crippen LogP contribution in [0.2, 0.25) is 5.02 Å². The molecule has 1 aliphatic rings. The van der Waals surface area contributed by atoms with Gasteiger partial charge in [0.1, 0.15) is 11.4 Å². The fourth-order valence-electron chi connectivity index (χ4n) is 3.89. The lowest BCUT2D eigenvalue weighted by Gasteiger charge is -2.27. The lowest BCUT2D eigenvalue weighted by Crippen LogP contribution is -2.43. The van der Waals surface area contributed by atoms with Gasteiger partial charge in [0.05, 0.1) is 21.2 Å². The van der Waals surface area contributed by atoms with Gasteiger partial charge in [0.15, 0.2) is 0 Å². The molecule has 9 nitrogen and oxygen atoms in total. The van der Waals surface area contributed by atoms with E-state index in [2.05, 4.69) is 10.3 Å². The molecule has 4 amide bonds. The summed E-state index contributed by atoms with van der Waals surface area (Å²) in [6.07, 6.45) is 1.41. The number of imide groups is 1. The summed E-state index contributed by atoms with van der Waals surface area (Å²) >= 11 is 6.06. The molecule has 4 rings (SSSR count). The summed E-state index contributed by atoms with van der Waals surface area (Å²) in [7, 11) is -5.59. The molecule has 14 heteroatoms. The molecule has 0 atom stereocenters. The van der Waals surface area contributed by atoms with Crippen LogP contribution in [0.25, 0.3) is 0 Å². The maximum atomic E-state index is 13.3. The van der Waals surface area contributed by atoms with E-state index in [-0.39, 0.29) is 28.6 Å². The SMILES string of the molecule is CC1(C)C(=O)N(c2ccc(S(=O)(=O)C(F)(F)F)cc2)C(=O)N1Cc1ccnc(NC(=O)c2ccccc2Cl)c1. The van der Waals surface area contributed by atoms with Crippen molar-refractivity contribution in [1.82, 2.24) is 9.88 Å². The molecule has 1 aliphatic heterocycles. The Bertz CT molecular complexity index is 1580. The second-order valence-electron chi connectivity index (χ2n) is 8.99. The summed E-state index contributed by atoms with van der Waals surface area (Å²) < 4.78 is 61.9. The molecule has 0 saturated carbocycles. The molecule has 0 bridgehead atoms. The molecule has 1 saturated heterocycles. The zero-order valence-electron chi connectivity index (χ0n) is 20.4. The number of carbonyl (C=O) groups is 3. The van der Waals surface area contributed by atoms with Crippen LogP contribution in [0, 0.1) is 0 Å². The van der Waals surface area contributed by atoms with E-state index in [0.29, 0.717) is 17.7 Å². The van der Waals surface area contributed by atoms with Crippen LogP contribution in [-0.4, -0.2) is 47.2 Å². The van der Waals surface area contributed by atoms with Gasteiger partial charge in [0, 0.05) is 12.7 Å². The minimum Gasteiger partial charge on any atom is -0.307 e. The van der Waals surface area contributed by atoms with Gasteiger partial charge in [-0.15, -0.1) is 0 Å². The van der Waals surface area contributed by atoms with Crippen molar-refractivity contribution in [2.45, 2.75) is 36.3 Å². The number of nitrogens with one attached hydrogen (secondary N) is 1. The number of amides is 4. The number of alkyl halides is 3. The Hall–Kier alpha value is -3.97. The number of hydrogen-bond acceptors (Lipinski definition) is 6. The lowest BCUT2D eigenvalue weighted by atomic mass is 10.0. The summed E-state index contributed by atoms with van der Waals surface area (Å²) in [6, 6.07) is 12.1. The van der Waals surface area contributed by atoms with Crippen molar-refractivity contribution in [2.24, 2.45) is 0 Å². The van der Waals surface area contributed by atoms with Crippen molar-refractivity contribution >= 4 is 50.8 Å². The Morgan fingerprint density at radius 3 is 2.31 bits per heavy atom. The molecule has 39 heavy (non-hydrogen) atoms. The van der Waals surface area contributed by atoms with E-state index in [1.54, 1.807) is 24.3 Å². The van der Waals surface area contributed by atoms with E-state index in [9.17, 15) is 36.0 Å². The van der Waals surface area contributed by atoms with E-state index in [4.69, 9.17) is 11.6 Å². The number of sulfone groups is 1. The number of benzene rings is 2. The fraction of sp³-hybridized carbons (Fsp3) is 0.200. The van der Waals surface area contributed by atoms with Crippen LogP contribution in [-0.2, 0) is 21.2 Å². The number of aromatic nitrogens is 1. The van der Waals surface area contributed by atoms with E-state index in [1.165, 1.54) is 37.1 Å². The van der Waals surface area contributed by atoms with Crippen LogP contribution in [0.15, 0.2) is 71.8 Å². The maximum absolute atomic E-state index is 13.3. The Morgan fingerprint density at radius 1 is 1.05 bits per heavy atom. The van der Waals surface area contributed by atoms with Crippen molar-refractivity contribution in [2.75, 3.05) is 10.2 Å². The smallest absolute Gasteiger partial charge is 0.307 e. The van der Waals surface area contributed by atoms with Gasteiger partial charge in [-0.3, -0.25) is 9.59 Å². The predicted molar refractivity (Wildman–Crippen MR) is 136 cm³/mol. The highest BCUT2D eigenvalue weighted by Gasteiger charge is 2.52. The van der Waals surface area contributed by atoms with Gasteiger partial charge >= 0.3 is 11.5 Å². The van der Waals surface area contributed by atoms with Crippen LogP contribution in [0.3, 0.4) is 0 Å². The van der Waals surface area contributed by atoms with Gasteiger partial charge in [-0.05, 0) is 67.9 Å². The molecular weight excluding hydrogens is 561 g/mol. The van der Waals surface area contributed by atoms with Gasteiger partial charge in [-0.2, -0.15) is 13.2 Å². The monoisotopic (exact) mass is 580 g/mol. The average Bonchev–Trinajstić information content (AvgIpc) is 3.03. The van der Waals surface area contributed by atoms with Gasteiger partial charge in [-0.1, -0.05) is 23.7 Å². The molecule has 2 aromatic carbocycles.